The molecule has 1 N–H and O–H groups in total. The molecule has 0 saturated heterocycles. The Balaban J connectivity index is 1.84. The Hall–Kier alpha value is -3.26. The van der Waals surface area contributed by atoms with Crippen molar-refractivity contribution in [1.82, 2.24) is 14.3 Å². The highest BCUT2D eigenvalue weighted by atomic mass is 32.2. The van der Waals surface area contributed by atoms with E-state index < -0.39 is 21.7 Å². The summed E-state index contributed by atoms with van der Waals surface area (Å²) < 4.78 is 41.5. The molecule has 0 spiro atoms. The number of hydrogen-bond acceptors (Lipinski definition) is 4. The maximum atomic E-state index is 14.7. The van der Waals surface area contributed by atoms with Crippen molar-refractivity contribution in [2.75, 3.05) is 6.61 Å². The molecule has 0 aliphatic heterocycles. The number of benzene rings is 3. The van der Waals surface area contributed by atoms with Crippen molar-refractivity contribution in [2.45, 2.75) is 103 Å². The first-order valence-electron chi connectivity index (χ1n) is 16.5. The van der Waals surface area contributed by atoms with Crippen LogP contribution in [-0.2, 0) is 33.8 Å². The van der Waals surface area contributed by atoms with E-state index in [-0.39, 0.29) is 29.8 Å². The van der Waals surface area contributed by atoms with Crippen molar-refractivity contribution in [3.05, 3.63) is 119 Å². The van der Waals surface area contributed by atoms with Gasteiger partial charge in [0, 0.05) is 25.4 Å². The van der Waals surface area contributed by atoms with Crippen LogP contribution in [0.15, 0.2) is 90.2 Å². The van der Waals surface area contributed by atoms with E-state index in [0.29, 0.717) is 11.3 Å². The molecule has 0 aliphatic carbocycles. The van der Waals surface area contributed by atoms with Crippen molar-refractivity contribution in [3.8, 4) is 0 Å². The Morgan fingerprint density at radius 3 is 1.70 bits per heavy atom. The average Bonchev–Trinajstić information content (AvgIpc) is 3.40. The summed E-state index contributed by atoms with van der Waals surface area (Å²) in [5, 5.41) is 0. The van der Waals surface area contributed by atoms with Crippen molar-refractivity contribution < 1.29 is 13.2 Å². The third-order valence-electron chi connectivity index (χ3n) is 8.96. The van der Waals surface area contributed by atoms with Crippen LogP contribution in [0.1, 0.15) is 114 Å². The van der Waals surface area contributed by atoms with Crippen LogP contribution in [0.5, 0.6) is 0 Å². The summed E-state index contributed by atoms with van der Waals surface area (Å²) >= 11 is 0. The second-order valence-corrected chi connectivity index (χ2v) is 16.1. The fourth-order valence-corrected chi connectivity index (χ4v) is 8.35. The van der Waals surface area contributed by atoms with E-state index in [1.54, 1.807) is 12.5 Å². The molecule has 3 aromatic carbocycles. The monoisotopic (exact) mass is 643 g/mol. The molecule has 0 bridgehead atoms. The van der Waals surface area contributed by atoms with Gasteiger partial charge in [-0.2, -0.15) is 0 Å². The number of nitrogens with one attached hydrogen (secondary N) is 1. The van der Waals surface area contributed by atoms with Crippen LogP contribution in [0.2, 0.25) is 0 Å². The lowest BCUT2D eigenvalue weighted by molar-refractivity contribution is -0.0982. The molecule has 4 aromatic rings. The number of imidazole rings is 1. The molecule has 0 aliphatic rings. The van der Waals surface area contributed by atoms with Crippen LogP contribution in [0, 0.1) is 5.41 Å². The number of aromatic nitrogens is 2. The van der Waals surface area contributed by atoms with E-state index in [1.165, 1.54) is 0 Å². The number of ether oxygens (including phenoxy) is 1. The molecule has 7 heteroatoms. The minimum Gasteiger partial charge on any atom is -0.363 e. The highest BCUT2D eigenvalue weighted by molar-refractivity contribution is 7.89. The van der Waals surface area contributed by atoms with Crippen molar-refractivity contribution >= 4 is 10.0 Å². The van der Waals surface area contributed by atoms with Gasteiger partial charge < -0.3 is 9.30 Å². The molecule has 0 amide bonds. The zero-order valence-corrected chi connectivity index (χ0v) is 30.2. The van der Waals surface area contributed by atoms with E-state index in [0.717, 1.165) is 33.5 Å². The first-order chi connectivity index (χ1) is 21.6. The maximum Gasteiger partial charge on any atom is 0.241 e. The lowest BCUT2D eigenvalue weighted by Crippen LogP contribution is -2.48. The molecule has 4 rings (SSSR count). The van der Waals surface area contributed by atoms with Gasteiger partial charge in [0.2, 0.25) is 10.0 Å². The summed E-state index contributed by atoms with van der Waals surface area (Å²) in [6.45, 7) is 19.2. The maximum absolute atomic E-state index is 14.7. The van der Waals surface area contributed by atoms with Crippen LogP contribution < -0.4 is 4.72 Å². The van der Waals surface area contributed by atoms with Crippen LogP contribution in [-0.4, -0.2) is 30.6 Å². The topological polar surface area (TPSA) is 73.2 Å². The van der Waals surface area contributed by atoms with Gasteiger partial charge in [-0.25, -0.2) is 18.1 Å². The van der Waals surface area contributed by atoms with E-state index in [1.807, 2.05) is 48.0 Å². The third-order valence-corrected chi connectivity index (χ3v) is 10.6. The van der Waals surface area contributed by atoms with Gasteiger partial charge in [-0.05, 0) is 51.0 Å². The average molecular weight is 644 g/mol. The molecule has 1 atom stereocenters. The molecule has 46 heavy (non-hydrogen) atoms. The standard InChI is InChI=1S/C39H53N3O3S/c1-27(2)30-21-35(28(3)4)37(36(22-30)29(5)6)46(43,44)41-33(23-34-24-40-26-42(34)10)25-45-39(38(7,8)9,31-17-13-11-14-18-31)32-19-15-12-16-20-32/h11-22,24,26-29,33,41H,23,25H2,1-10H3/t33-/m0/s1. The predicted molar refractivity (Wildman–Crippen MR) is 189 cm³/mol. The molecule has 1 aromatic heterocycles. The Morgan fingerprint density at radius 2 is 1.30 bits per heavy atom. The summed E-state index contributed by atoms with van der Waals surface area (Å²) in [6.07, 6.45) is 3.95. The zero-order chi connectivity index (χ0) is 33.9. The lowest BCUT2D eigenvalue weighted by atomic mass is 9.68. The van der Waals surface area contributed by atoms with Crippen molar-refractivity contribution in [3.63, 3.8) is 0 Å². The molecule has 6 nitrogen and oxygen atoms in total. The zero-order valence-electron chi connectivity index (χ0n) is 29.3. The van der Waals surface area contributed by atoms with E-state index in [9.17, 15) is 8.42 Å². The minimum absolute atomic E-state index is 0.0271. The molecule has 0 fully saturated rings. The quantitative estimate of drug-likeness (QED) is 0.158. The minimum atomic E-state index is -3.96. The third kappa shape index (κ3) is 7.48. The van der Waals surface area contributed by atoms with Crippen molar-refractivity contribution in [2.24, 2.45) is 12.5 Å². The SMILES string of the molecule is CC(C)c1cc(C(C)C)c(S(=O)(=O)N[C@H](COC(c2ccccc2)(c2ccccc2)C(C)(C)C)Cc2cncn2C)c(C(C)C)c1. The first-order valence-corrected chi connectivity index (χ1v) is 18.0. The molecular formula is C39H53N3O3S. The van der Waals surface area contributed by atoms with Gasteiger partial charge in [0.05, 0.1) is 23.9 Å². The summed E-state index contributed by atoms with van der Waals surface area (Å²) in [7, 11) is -2.03. The van der Waals surface area contributed by atoms with Crippen LogP contribution in [0.3, 0.4) is 0 Å². The van der Waals surface area contributed by atoms with Crippen LogP contribution in [0.4, 0.5) is 0 Å². The molecule has 0 saturated carbocycles. The first kappa shape index (κ1) is 35.6. The summed E-state index contributed by atoms with van der Waals surface area (Å²) in [5.74, 6) is 0.339. The van der Waals surface area contributed by atoms with Crippen LogP contribution >= 0.6 is 0 Å². The number of hydrogen-bond donors (Lipinski definition) is 1. The normalized spacial score (nSPS) is 13.6. The largest absolute Gasteiger partial charge is 0.363 e. The summed E-state index contributed by atoms with van der Waals surface area (Å²) in [5.41, 5.74) is 4.57. The van der Waals surface area contributed by atoms with Gasteiger partial charge in [-0.1, -0.05) is 135 Å². The summed E-state index contributed by atoms with van der Waals surface area (Å²) in [4.78, 5) is 4.71. The van der Waals surface area contributed by atoms with E-state index >= 15 is 0 Å². The predicted octanol–water partition coefficient (Wildman–Crippen LogP) is 8.69. The molecule has 0 unspecified atom stereocenters. The van der Waals surface area contributed by atoms with Gasteiger partial charge in [0.15, 0.2) is 0 Å². The van der Waals surface area contributed by atoms with Gasteiger partial charge >= 0.3 is 0 Å². The van der Waals surface area contributed by atoms with Gasteiger partial charge in [0.1, 0.15) is 5.60 Å². The second kappa shape index (κ2) is 14.2. The van der Waals surface area contributed by atoms with Gasteiger partial charge in [-0.3, -0.25) is 0 Å². The number of nitrogens with zero attached hydrogens (tertiary/aromatic N) is 2. The highest BCUT2D eigenvalue weighted by Gasteiger charge is 2.47. The summed E-state index contributed by atoms with van der Waals surface area (Å²) in [6, 6.07) is 24.1. The van der Waals surface area contributed by atoms with E-state index in [4.69, 9.17) is 4.74 Å². The fourth-order valence-electron chi connectivity index (χ4n) is 6.43. The van der Waals surface area contributed by atoms with Crippen molar-refractivity contribution in [1.29, 1.82) is 0 Å². The van der Waals surface area contributed by atoms with Crippen LogP contribution in [0.25, 0.3) is 0 Å². The lowest BCUT2D eigenvalue weighted by Gasteiger charge is -2.46. The Kier molecular flexibility index (Phi) is 11.0. The molecular weight excluding hydrogens is 591 g/mol. The second-order valence-electron chi connectivity index (χ2n) is 14.5. The van der Waals surface area contributed by atoms with Gasteiger partial charge in [-0.15, -0.1) is 0 Å². The van der Waals surface area contributed by atoms with Gasteiger partial charge in [0.25, 0.3) is 0 Å². The van der Waals surface area contributed by atoms with E-state index in [2.05, 4.69) is 108 Å². The Labute approximate surface area is 277 Å². The highest BCUT2D eigenvalue weighted by Crippen LogP contribution is 2.48. The molecule has 0 radical (unpaired) electrons. The number of aryl methyl sites for hydroxylation is 1. The fraction of sp³-hybridized carbons (Fsp3) is 0.462. The Bertz CT molecular complexity index is 1620. The number of sulfonamides is 1. The molecule has 248 valence electrons. The molecule has 1 heterocycles. The smallest absolute Gasteiger partial charge is 0.241 e. The Morgan fingerprint density at radius 1 is 0.804 bits per heavy atom. The number of rotatable bonds is 13.